The highest BCUT2D eigenvalue weighted by atomic mass is 16.7. The molecule has 0 amide bonds. The molecule has 2 aromatic carbocycles. The minimum Gasteiger partial charge on any atom is -0.534 e. The van der Waals surface area contributed by atoms with Crippen molar-refractivity contribution in [1.82, 2.24) is 0 Å². The van der Waals surface area contributed by atoms with Gasteiger partial charge in [0.1, 0.15) is 18.0 Å². The summed E-state index contributed by atoms with van der Waals surface area (Å²) in [4.78, 5) is 0. The maximum atomic E-state index is 10.3. The molecule has 1 atom stereocenters. The van der Waals surface area contributed by atoms with Gasteiger partial charge in [-0.3, -0.25) is 0 Å². The zero-order valence-electron chi connectivity index (χ0n) is 22.2. The topological polar surface area (TPSA) is 47.9 Å². The number of benzene rings is 2. The fourth-order valence-electron chi connectivity index (χ4n) is 4.48. The number of rotatable bonds is 8. The highest BCUT2D eigenvalue weighted by Crippen LogP contribution is 2.40. The van der Waals surface area contributed by atoms with Gasteiger partial charge in [-0.05, 0) is 67.2 Å². The van der Waals surface area contributed by atoms with Crippen molar-refractivity contribution in [3.8, 4) is 5.75 Å². The van der Waals surface area contributed by atoms with E-state index in [1.807, 2.05) is 40.7 Å². The molecule has 0 aliphatic carbocycles. The molecule has 4 nitrogen and oxygen atoms in total. The van der Waals surface area contributed by atoms with Gasteiger partial charge in [-0.15, -0.1) is 0 Å². The normalized spacial score (nSPS) is 17.0. The van der Waals surface area contributed by atoms with Gasteiger partial charge in [0.2, 0.25) is 0 Å². The maximum Gasteiger partial charge on any atom is 0.563 e. The van der Waals surface area contributed by atoms with Gasteiger partial charge in [-0.25, -0.2) is 0 Å². The van der Waals surface area contributed by atoms with Gasteiger partial charge in [-0.2, -0.15) is 0 Å². The van der Waals surface area contributed by atoms with Crippen LogP contribution in [0.2, 0.25) is 0 Å². The van der Waals surface area contributed by atoms with E-state index in [2.05, 4.69) is 63.7 Å². The van der Waals surface area contributed by atoms with Crippen molar-refractivity contribution >= 4 is 12.6 Å². The molecule has 1 fully saturated rings. The SMILES string of the molecule is C=C1OB(c2ccc(C(CC)(CC)c3ccc(OCC(O)C(C)(C)C)c(C)c3)cc2)OC1(C)C. The summed E-state index contributed by atoms with van der Waals surface area (Å²) >= 11 is 0. The van der Waals surface area contributed by atoms with E-state index in [4.69, 9.17) is 14.0 Å². The molecule has 2 aromatic rings. The van der Waals surface area contributed by atoms with Crippen LogP contribution in [0.4, 0.5) is 0 Å². The molecule has 184 valence electrons. The van der Waals surface area contributed by atoms with E-state index in [0.29, 0.717) is 5.76 Å². The summed E-state index contributed by atoms with van der Waals surface area (Å²) in [6.07, 6.45) is 1.43. The largest absolute Gasteiger partial charge is 0.563 e. The van der Waals surface area contributed by atoms with E-state index >= 15 is 0 Å². The summed E-state index contributed by atoms with van der Waals surface area (Å²) in [7, 11) is -0.420. The first kappa shape index (κ1) is 26.4. The summed E-state index contributed by atoms with van der Waals surface area (Å²) in [5.74, 6) is 1.48. The van der Waals surface area contributed by atoms with Crippen LogP contribution in [0.5, 0.6) is 5.75 Å². The molecular formula is C29H41BO4. The molecule has 1 saturated heterocycles. The predicted molar refractivity (Wildman–Crippen MR) is 141 cm³/mol. The number of hydrogen-bond acceptors (Lipinski definition) is 4. The highest BCUT2D eigenvalue weighted by molar-refractivity contribution is 6.62. The number of ether oxygens (including phenoxy) is 1. The zero-order valence-corrected chi connectivity index (χ0v) is 22.2. The predicted octanol–water partition coefficient (Wildman–Crippen LogP) is 5.92. The lowest BCUT2D eigenvalue weighted by atomic mass is 9.69. The highest BCUT2D eigenvalue weighted by Gasteiger charge is 2.43. The summed E-state index contributed by atoms with van der Waals surface area (Å²) in [6.45, 7) is 20.8. The fraction of sp³-hybridized carbons (Fsp3) is 0.517. The number of aliphatic hydroxyl groups excluding tert-OH is 1. The summed E-state index contributed by atoms with van der Waals surface area (Å²) in [5, 5.41) is 10.3. The van der Waals surface area contributed by atoms with Crippen molar-refractivity contribution in [2.45, 2.75) is 85.4 Å². The van der Waals surface area contributed by atoms with Crippen molar-refractivity contribution in [2.24, 2.45) is 5.41 Å². The molecule has 1 aliphatic rings. The molecule has 5 heteroatoms. The average molecular weight is 464 g/mol. The Balaban J connectivity index is 1.84. The van der Waals surface area contributed by atoms with Gasteiger partial charge in [0.15, 0.2) is 0 Å². The zero-order chi connectivity index (χ0) is 25.3. The van der Waals surface area contributed by atoms with Crippen molar-refractivity contribution in [1.29, 1.82) is 0 Å². The molecule has 1 unspecified atom stereocenters. The number of aryl methyl sites for hydroxylation is 1. The molecule has 1 aliphatic heterocycles. The van der Waals surface area contributed by atoms with Crippen LogP contribution >= 0.6 is 0 Å². The summed E-state index contributed by atoms with van der Waals surface area (Å²) < 4.78 is 17.9. The molecule has 34 heavy (non-hydrogen) atoms. The van der Waals surface area contributed by atoms with Gasteiger partial charge >= 0.3 is 7.12 Å². The summed E-state index contributed by atoms with van der Waals surface area (Å²) in [5.41, 5.74) is 3.82. The quantitative estimate of drug-likeness (QED) is 0.493. The van der Waals surface area contributed by atoms with Crippen LogP contribution in [0, 0.1) is 12.3 Å². The van der Waals surface area contributed by atoms with Crippen LogP contribution in [0.15, 0.2) is 54.8 Å². The molecular weight excluding hydrogens is 423 g/mol. The van der Waals surface area contributed by atoms with Gasteiger partial charge in [0.25, 0.3) is 0 Å². The standard InChI is InChI=1S/C29H41BO4/c1-10-29(11-2,22-12-15-24(16-13-22)30-33-21(4)28(8,9)34-30)23-14-17-25(20(3)18-23)32-19-26(31)27(5,6)7/h12-18,26,31H,4,10-11,19H2,1-3,5-9H3. The van der Waals surface area contributed by atoms with E-state index in [-0.39, 0.29) is 17.4 Å². The molecule has 0 bridgehead atoms. The van der Waals surface area contributed by atoms with Gasteiger partial charge in [0.05, 0.1) is 11.9 Å². The van der Waals surface area contributed by atoms with Crippen molar-refractivity contribution in [3.63, 3.8) is 0 Å². The van der Waals surface area contributed by atoms with Crippen LogP contribution < -0.4 is 10.2 Å². The van der Waals surface area contributed by atoms with Crippen LogP contribution in [0.3, 0.4) is 0 Å². The molecule has 1 N–H and O–H groups in total. The lowest BCUT2D eigenvalue weighted by Gasteiger charge is -2.34. The minimum atomic E-state index is -0.522. The maximum absolute atomic E-state index is 10.3. The molecule has 0 saturated carbocycles. The third-order valence-electron chi connectivity index (χ3n) is 7.39. The monoisotopic (exact) mass is 464 g/mol. The van der Waals surface area contributed by atoms with E-state index < -0.39 is 18.8 Å². The third kappa shape index (κ3) is 5.21. The van der Waals surface area contributed by atoms with Crippen molar-refractivity contribution in [2.75, 3.05) is 6.61 Å². The second-order valence-corrected chi connectivity index (χ2v) is 11.1. The first-order chi connectivity index (χ1) is 15.8. The Bertz CT molecular complexity index is 1000. The van der Waals surface area contributed by atoms with Gasteiger partial charge in [0, 0.05) is 5.41 Å². The Hall–Kier alpha value is -2.24. The van der Waals surface area contributed by atoms with E-state index in [1.54, 1.807) is 0 Å². The Morgan fingerprint density at radius 3 is 2.09 bits per heavy atom. The number of hydrogen-bond donors (Lipinski definition) is 1. The Morgan fingerprint density at radius 1 is 1.03 bits per heavy atom. The first-order valence-corrected chi connectivity index (χ1v) is 12.4. The second kappa shape index (κ2) is 9.79. The minimum absolute atomic E-state index is 0.104. The van der Waals surface area contributed by atoms with E-state index in [0.717, 1.165) is 29.6 Å². The molecule has 1 heterocycles. The smallest absolute Gasteiger partial charge is 0.534 e. The van der Waals surface area contributed by atoms with Crippen molar-refractivity contribution in [3.05, 3.63) is 71.5 Å². The second-order valence-electron chi connectivity index (χ2n) is 11.1. The molecule has 3 rings (SSSR count). The number of aliphatic hydroxyl groups is 1. The Kier molecular flexibility index (Phi) is 7.59. The van der Waals surface area contributed by atoms with E-state index in [9.17, 15) is 5.11 Å². The molecule has 0 aromatic heterocycles. The van der Waals surface area contributed by atoms with Crippen LogP contribution in [0.1, 0.15) is 78.0 Å². The molecule has 0 radical (unpaired) electrons. The lowest BCUT2D eigenvalue weighted by Crippen LogP contribution is -2.35. The summed E-state index contributed by atoms with van der Waals surface area (Å²) in [6, 6.07) is 15.0. The third-order valence-corrected chi connectivity index (χ3v) is 7.39. The lowest BCUT2D eigenvalue weighted by molar-refractivity contribution is 0.0216. The van der Waals surface area contributed by atoms with Crippen LogP contribution in [0.25, 0.3) is 0 Å². The average Bonchev–Trinajstić information content (AvgIpc) is 3.06. The van der Waals surface area contributed by atoms with E-state index in [1.165, 1.54) is 11.1 Å². The van der Waals surface area contributed by atoms with Gasteiger partial charge in [-0.1, -0.05) is 77.6 Å². The van der Waals surface area contributed by atoms with Crippen LogP contribution in [-0.2, 0) is 14.7 Å². The first-order valence-electron chi connectivity index (χ1n) is 12.4. The Morgan fingerprint density at radius 2 is 1.62 bits per heavy atom. The fourth-order valence-corrected chi connectivity index (χ4v) is 4.48. The molecule has 0 spiro atoms. The van der Waals surface area contributed by atoms with Crippen LogP contribution in [-0.4, -0.2) is 30.5 Å². The van der Waals surface area contributed by atoms with Gasteiger partial charge < -0.3 is 19.2 Å². The Labute approximate surface area is 206 Å². The van der Waals surface area contributed by atoms with Crippen molar-refractivity contribution < 1.29 is 19.2 Å².